The molecule has 0 saturated carbocycles. The van der Waals surface area contributed by atoms with Gasteiger partial charge in [-0.05, 0) is 42.3 Å². The van der Waals surface area contributed by atoms with Gasteiger partial charge in [0.2, 0.25) is 10.0 Å². The van der Waals surface area contributed by atoms with Crippen LogP contribution < -0.4 is 10.0 Å². The largest absolute Gasteiger partial charge is 0.385 e. The smallest absolute Gasteiger partial charge is 0.251 e. The standard InChI is InChI=1S/C17H21N3O4S/c1-24-11-3-10-20-25(22,23)16-7-5-15(6-8-16)17(21)19-13-14-4-2-9-18-12-14/h2,4-9,12,20H,3,10-11,13H2,1H3,(H,19,21). The van der Waals surface area contributed by atoms with E-state index in [0.717, 1.165) is 5.56 Å². The van der Waals surface area contributed by atoms with Crippen LogP contribution in [-0.2, 0) is 21.3 Å². The van der Waals surface area contributed by atoms with Crippen LogP contribution in [0.4, 0.5) is 0 Å². The second-order valence-electron chi connectivity index (χ2n) is 5.31. The normalized spacial score (nSPS) is 11.2. The minimum atomic E-state index is -3.58. The molecule has 0 aliphatic heterocycles. The number of carbonyl (C=O) groups excluding carboxylic acids is 1. The van der Waals surface area contributed by atoms with Crippen molar-refractivity contribution in [1.29, 1.82) is 0 Å². The predicted octanol–water partition coefficient (Wildman–Crippen LogP) is 1.33. The van der Waals surface area contributed by atoms with Crippen LogP contribution in [0.25, 0.3) is 0 Å². The molecule has 1 heterocycles. The molecule has 7 nitrogen and oxygen atoms in total. The summed E-state index contributed by atoms with van der Waals surface area (Å²) in [5.41, 5.74) is 1.28. The summed E-state index contributed by atoms with van der Waals surface area (Å²) in [5.74, 6) is -0.277. The van der Waals surface area contributed by atoms with Crippen molar-refractivity contribution in [2.24, 2.45) is 0 Å². The topological polar surface area (TPSA) is 97.4 Å². The van der Waals surface area contributed by atoms with Gasteiger partial charge in [0, 0.05) is 44.8 Å². The Kier molecular flexibility index (Phi) is 7.05. The van der Waals surface area contributed by atoms with E-state index < -0.39 is 10.0 Å². The Morgan fingerprint density at radius 2 is 1.96 bits per heavy atom. The van der Waals surface area contributed by atoms with Crippen molar-refractivity contribution >= 4 is 15.9 Å². The molecule has 8 heteroatoms. The molecule has 0 spiro atoms. The lowest BCUT2D eigenvalue weighted by Crippen LogP contribution is -2.26. The van der Waals surface area contributed by atoms with Gasteiger partial charge in [-0.3, -0.25) is 9.78 Å². The number of methoxy groups -OCH3 is 1. The van der Waals surface area contributed by atoms with Crippen LogP contribution in [0.5, 0.6) is 0 Å². The van der Waals surface area contributed by atoms with Gasteiger partial charge in [0.25, 0.3) is 5.91 Å². The van der Waals surface area contributed by atoms with E-state index in [0.29, 0.717) is 31.7 Å². The number of aromatic nitrogens is 1. The summed E-state index contributed by atoms with van der Waals surface area (Å²) in [6, 6.07) is 9.46. The molecule has 1 aromatic carbocycles. The van der Waals surface area contributed by atoms with Crippen LogP contribution in [0.2, 0.25) is 0 Å². The Labute approximate surface area is 147 Å². The predicted molar refractivity (Wildman–Crippen MR) is 93.5 cm³/mol. The summed E-state index contributed by atoms with van der Waals surface area (Å²) in [6.45, 7) is 1.13. The SMILES string of the molecule is COCCCNS(=O)(=O)c1ccc(C(=O)NCc2cccnc2)cc1. The van der Waals surface area contributed by atoms with Crippen LogP contribution in [0.15, 0.2) is 53.7 Å². The Hall–Kier alpha value is -2.29. The number of benzene rings is 1. The average molecular weight is 363 g/mol. The van der Waals surface area contributed by atoms with Crippen molar-refractivity contribution in [2.75, 3.05) is 20.3 Å². The second-order valence-corrected chi connectivity index (χ2v) is 7.08. The molecule has 0 atom stereocenters. The molecule has 2 aromatic rings. The molecule has 0 bridgehead atoms. The van der Waals surface area contributed by atoms with E-state index in [9.17, 15) is 13.2 Å². The molecular formula is C17H21N3O4S. The first-order valence-corrected chi connectivity index (χ1v) is 9.27. The van der Waals surface area contributed by atoms with Gasteiger partial charge in [-0.25, -0.2) is 13.1 Å². The third-order valence-electron chi connectivity index (χ3n) is 3.42. The number of amides is 1. The zero-order valence-corrected chi connectivity index (χ0v) is 14.8. The number of carbonyl (C=O) groups is 1. The first-order chi connectivity index (χ1) is 12.0. The minimum Gasteiger partial charge on any atom is -0.385 e. The zero-order chi connectivity index (χ0) is 18.1. The maximum absolute atomic E-state index is 12.1. The van der Waals surface area contributed by atoms with Crippen molar-refractivity contribution in [2.45, 2.75) is 17.9 Å². The van der Waals surface area contributed by atoms with E-state index >= 15 is 0 Å². The molecule has 0 radical (unpaired) electrons. The van der Waals surface area contributed by atoms with Crippen LogP contribution >= 0.6 is 0 Å². The highest BCUT2D eigenvalue weighted by Gasteiger charge is 2.14. The van der Waals surface area contributed by atoms with E-state index in [1.807, 2.05) is 6.07 Å². The molecule has 2 rings (SSSR count). The lowest BCUT2D eigenvalue weighted by atomic mass is 10.2. The van der Waals surface area contributed by atoms with Crippen molar-refractivity contribution in [1.82, 2.24) is 15.0 Å². The molecule has 0 fully saturated rings. The maximum atomic E-state index is 12.1. The summed E-state index contributed by atoms with van der Waals surface area (Å²) >= 11 is 0. The molecule has 2 N–H and O–H groups in total. The van der Waals surface area contributed by atoms with Gasteiger partial charge in [-0.1, -0.05) is 6.07 Å². The highest BCUT2D eigenvalue weighted by molar-refractivity contribution is 7.89. The zero-order valence-electron chi connectivity index (χ0n) is 13.9. The van der Waals surface area contributed by atoms with E-state index in [2.05, 4.69) is 15.0 Å². The van der Waals surface area contributed by atoms with Gasteiger partial charge in [-0.2, -0.15) is 0 Å². The Morgan fingerprint density at radius 3 is 2.60 bits per heavy atom. The number of hydrogen-bond donors (Lipinski definition) is 2. The van der Waals surface area contributed by atoms with E-state index in [1.165, 1.54) is 24.3 Å². The monoisotopic (exact) mass is 363 g/mol. The number of hydrogen-bond acceptors (Lipinski definition) is 5. The highest BCUT2D eigenvalue weighted by Crippen LogP contribution is 2.11. The number of rotatable bonds is 9. The molecule has 0 unspecified atom stereocenters. The number of ether oxygens (including phenoxy) is 1. The quantitative estimate of drug-likeness (QED) is 0.655. The molecule has 0 aliphatic carbocycles. The number of nitrogens with one attached hydrogen (secondary N) is 2. The van der Waals surface area contributed by atoms with Crippen molar-refractivity contribution in [3.8, 4) is 0 Å². The van der Waals surface area contributed by atoms with Crippen molar-refractivity contribution in [3.63, 3.8) is 0 Å². The van der Waals surface area contributed by atoms with Crippen molar-refractivity contribution < 1.29 is 17.9 Å². The number of nitrogens with zero attached hydrogens (tertiary/aromatic N) is 1. The Morgan fingerprint density at radius 1 is 1.20 bits per heavy atom. The van der Waals surface area contributed by atoms with Crippen LogP contribution in [0, 0.1) is 0 Å². The Balaban J connectivity index is 1.93. The van der Waals surface area contributed by atoms with Crippen molar-refractivity contribution in [3.05, 3.63) is 59.9 Å². The van der Waals surface area contributed by atoms with Gasteiger partial charge in [0.05, 0.1) is 4.90 Å². The molecule has 0 saturated heterocycles. The van der Waals surface area contributed by atoms with Gasteiger partial charge >= 0.3 is 0 Å². The van der Waals surface area contributed by atoms with Gasteiger partial charge in [-0.15, -0.1) is 0 Å². The maximum Gasteiger partial charge on any atom is 0.251 e. The molecule has 0 aliphatic rings. The third kappa shape index (κ3) is 5.93. The van der Waals surface area contributed by atoms with Gasteiger partial charge < -0.3 is 10.1 Å². The fraction of sp³-hybridized carbons (Fsp3) is 0.294. The molecule has 25 heavy (non-hydrogen) atoms. The molecule has 1 amide bonds. The van der Waals surface area contributed by atoms with E-state index in [-0.39, 0.29) is 10.8 Å². The summed E-state index contributed by atoms with van der Waals surface area (Å²) in [7, 11) is -2.02. The molecular weight excluding hydrogens is 342 g/mol. The van der Waals surface area contributed by atoms with Gasteiger partial charge in [0.15, 0.2) is 0 Å². The minimum absolute atomic E-state index is 0.119. The lowest BCUT2D eigenvalue weighted by Gasteiger charge is -2.08. The summed E-state index contributed by atoms with van der Waals surface area (Å²) in [6.07, 6.45) is 3.92. The number of sulfonamides is 1. The number of pyridine rings is 1. The third-order valence-corrected chi connectivity index (χ3v) is 4.90. The van der Waals surface area contributed by atoms with Gasteiger partial charge in [0.1, 0.15) is 0 Å². The summed E-state index contributed by atoms with van der Waals surface area (Å²) in [4.78, 5) is 16.2. The summed E-state index contributed by atoms with van der Waals surface area (Å²) in [5, 5.41) is 2.76. The van der Waals surface area contributed by atoms with E-state index in [1.54, 1.807) is 25.6 Å². The fourth-order valence-corrected chi connectivity index (χ4v) is 3.15. The Bertz CT molecular complexity index is 777. The summed E-state index contributed by atoms with van der Waals surface area (Å²) < 4.78 is 31.6. The first-order valence-electron chi connectivity index (χ1n) is 7.79. The van der Waals surface area contributed by atoms with Crippen LogP contribution in [0.1, 0.15) is 22.3 Å². The van der Waals surface area contributed by atoms with Crippen LogP contribution in [-0.4, -0.2) is 39.6 Å². The molecule has 134 valence electrons. The molecule has 1 aromatic heterocycles. The fourth-order valence-electron chi connectivity index (χ4n) is 2.08. The second kappa shape index (κ2) is 9.26. The lowest BCUT2D eigenvalue weighted by molar-refractivity contribution is 0.0951. The first kappa shape index (κ1) is 19.0. The van der Waals surface area contributed by atoms with Crippen LogP contribution in [0.3, 0.4) is 0 Å². The highest BCUT2D eigenvalue weighted by atomic mass is 32.2. The van der Waals surface area contributed by atoms with E-state index in [4.69, 9.17) is 4.74 Å². The average Bonchev–Trinajstić information content (AvgIpc) is 2.64.